The van der Waals surface area contributed by atoms with E-state index < -0.39 is 35.0 Å². The summed E-state index contributed by atoms with van der Waals surface area (Å²) in [6.07, 6.45) is 7.21. The third-order valence-corrected chi connectivity index (χ3v) is 6.76. The zero-order chi connectivity index (χ0) is 30.6. The highest BCUT2D eigenvalue weighted by Crippen LogP contribution is 2.42. The molecule has 0 bridgehead atoms. The lowest BCUT2D eigenvalue weighted by molar-refractivity contribution is 0.0705. The Balaban J connectivity index is 1.24. The number of carbonyl (C=O) groups is 2. The van der Waals surface area contributed by atoms with E-state index in [1.807, 2.05) is 26.0 Å². The van der Waals surface area contributed by atoms with Gasteiger partial charge in [-0.2, -0.15) is 5.48 Å². The van der Waals surface area contributed by atoms with Gasteiger partial charge in [0.1, 0.15) is 0 Å². The predicted octanol–water partition coefficient (Wildman–Crippen LogP) is 4.30. The van der Waals surface area contributed by atoms with Gasteiger partial charge in [0.15, 0.2) is 29.0 Å². The van der Waals surface area contributed by atoms with Crippen molar-refractivity contribution in [3.63, 3.8) is 0 Å². The van der Waals surface area contributed by atoms with Crippen LogP contribution in [0.15, 0.2) is 67.3 Å². The van der Waals surface area contributed by atoms with Crippen molar-refractivity contribution in [2.45, 2.75) is 38.3 Å². The topological polar surface area (TPSA) is 163 Å². The molecule has 5 N–H and O–H groups in total. The second kappa shape index (κ2) is 12.3. The SMILES string of the molecule is CC(C)(Nc1ncc(C(=O)NOc2ccnc([C@H](Nc3ncc(C(=O)NO)cc3F)C3CC3)c2)cc1F)c1ccccn1. The van der Waals surface area contributed by atoms with Gasteiger partial charge in [-0.05, 0) is 56.9 Å². The first-order valence-corrected chi connectivity index (χ1v) is 13.3. The molecule has 14 heteroatoms. The second-order valence-corrected chi connectivity index (χ2v) is 10.4. The van der Waals surface area contributed by atoms with E-state index in [9.17, 15) is 18.4 Å². The second-order valence-electron chi connectivity index (χ2n) is 10.4. The van der Waals surface area contributed by atoms with Gasteiger partial charge in [0.05, 0.1) is 34.1 Å². The Labute approximate surface area is 244 Å². The maximum absolute atomic E-state index is 14.9. The molecule has 4 aromatic heterocycles. The lowest BCUT2D eigenvalue weighted by Crippen LogP contribution is -2.30. The largest absolute Gasteiger partial charge is 0.379 e. The van der Waals surface area contributed by atoms with Gasteiger partial charge in [-0.3, -0.25) is 24.8 Å². The third kappa shape index (κ3) is 6.98. The van der Waals surface area contributed by atoms with Crippen molar-refractivity contribution in [1.29, 1.82) is 0 Å². The molecule has 2 amide bonds. The van der Waals surface area contributed by atoms with Crippen LogP contribution >= 0.6 is 0 Å². The van der Waals surface area contributed by atoms with Crippen LogP contribution < -0.4 is 26.4 Å². The standard InChI is InChI=1S/C29H28F2N8O4/c1-29(2,23-5-3-4-9-33-23)37-26-21(31)12-18(15-35-26)28(41)39-43-19-8-10-32-22(13-19)24(16-6-7-16)36-25-20(30)11-17(14-34-25)27(40)38-42/h3-5,8-16,24,42H,6-7H2,1-2H3,(H,34,36)(H,35,37)(H,38,40)(H,39,41)/t24-/m1/s1. The van der Waals surface area contributed by atoms with Crippen LogP contribution in [0, 0.1) is 17.6 Å². The molecule has 0 aliphatic heterocycles. The molecule has 1 saturated carbocycles. The Hall–Kier alpha value is -5.24. The fraction of sp³-hybridized carbons (Fsp3) is 0.241. The number of nitrogens with zero attached hydrogens (tertiary/aromatic N) is 4. The van der Waals surface area contributed by atoms with E-state index in [1.54, 1.807) is 18.3 Å². The Morgan fingerprint density at radius 2 is 1.63 bits per heavy atom. The molecule has 0 unspecified atom stereocenters. The Morgan fingerprint density at radius 3 is 2.26 bits per heavy atom. The van der Waals surface area contributed by atoms with E-state index in [0.717, 1.165) is 31.2 Å². The zero-order valence-corrected chi connectivity index (χ0v) is 23.1. The Morgan fingerprint density at radius 1 is 0.930 bits per heavy atom. The van der Waals surface area contributed by atoms with Crippen molar-refractivity contribution in [3.8, 4) is 5.75 Å². The number of nitrogens with one attached hydrogen (secondary N) is 4. The summed E-state index contributed by atoms with van der Waals surface area (Å²) in [5, 5.41) is 14.8. The summed E-state index contributed by atoms with van der Waals surface area (Å²) in [6, 6.07) is 10.1. The minimum Gasteiger partial charge on any atom is -0.379 e. The molecule has 1 aliphatic rings. The maximum atomic E-state index is 14.9. The van der Waals surface area contributed by atoms with E-state index in [4.69, 9.17) is 10.0 Å². The third-order valence-electron chi connectivity index (χ3n) is 6.76. The summed E-state index contributed by atoms with van der Waals surface area (Å²) in [5.41, 5.74) is 3.96. The van der Waals surface area contributed by atoms with Gasteiger partial charge in [0.2, 0.25) is 0 Å². The van der Waals surface area contributed by atoms with Crippen molar-refractivity contribution < 1.29 is 28.4 Å². The number of anilines is 2. The molecule has 0 radical (unpaired) electrons. The van der Waals surface area contributed by atoms with Crippen molar-refractivity contribution in [3.05, 3.63) is 101 Å². The first-order valence-electron chi connectivity index (χ1n) is 13.3. The van der Waals surface area contributed by atoms with Crippen LogP contribution in [0.1, 0.15) is 64.8 Å². The fourth-order valence-electron chi connectivity index (χ4n) is 4.32. The number of hydrogen-bond acceptors (Lipinski definition) is 10. The molecule has 4 heterocycles. The first-order chi connectivity index (χ1) is 20.6. The summed E-state index contributed by atoms with van der Waals surface area (Å²) in [7, 11) is 0. The summed E-state index contributed by atoms with van der Waals surface area (Å²) < 4.78 is 29.5. The molecule has 1 aliphatic carbocycles. The zero-order valence-electron chi connectivity index (χ0n) is 23.1. The molecular weight excluding hydrogens is 562 g/mol. The summed E-state index contributed by atoms with van der Waals surface area (Å²) in [4.78, 5) is 46.4. The number of hydroxylamine groups is 2. The van der Waals surface area contributed by atoms with Crippen LogP contribution in [-0.4, -0.2) is 37.0 Å². The molecule has 43 heavy (non-hydrogen) atoms. The van der Waals surface area contributed by atoms with Gasteiger partial charge in [-0.1, -0.05) is 6.07 Å². The maximum Gasteiger partial charge on any atom is 0.285 e. The molecule has 4 aromatic rings. The molecule has 5 rings (SSSR count). The highest BCUT2D eigenvalue weighted by atomic mass is 19.1. The Bertz CT molecular complexity index is 1640. The highest BCUT2D eigenvalue weighted by molar-refractivity contribution is 5.93. The average molecular weight is 591 g/mol. The number of aromatic nitrogens is 4. The van der Waals surface area contributed by atoms with Crippen LogP contribution in [-0.2, 0) is 5.54 Å². The van der Waals surface area contributed by atoms with E-state index >= 15 is 0 Å². The van der Waals surface area contributed by atoms with Gasteiger partial charge < -0.3 is 15.5 Å². The average Bonchev–Trinajstić information content (AvgIpc) is 3.86. The monoisotopic (exact) mass is 590 g/mol. The Kier molecular flexibility index (Phi) is 8.39. The van der Waals surface area contributed by atoms with Crippen molar-refractivity contribution in [2.24, 2.45) is 5.92 Å². The van der Waals surface area contributed by atoms with Crippen LogP contribution in [0.5, 0.6) is 5.75 Å². The molecule has 0 saturated heterocycles. The van der Waals surface area contributed by atoms with Gasteiger partial charge in [0, 0.05) is 36.9 Å². The lowest BCUT2D eigenvalue weighted by Gasteiger charge is -2.26. The van der Waals surface area contributed by atoms with Crippen molar-refractivity contribution in [2.75, 3.05) is 10.6 Å². The smallest absolute Gasteiger partial charge is 0.285 e. The minimum atomic E-state index is -0.888. The van der Waals surface area contributed by atoms with E-state index in [2.05, 4.69) is 36.0 Å². The van der Waals surface area contributed by atoms with Gasteiger partial charge >= 0.3 is 0 Å². The lowest BCUT2D eigenvalue weighted by atomic mass is 10.00. The number of rotatable bonds is 11. The number of halogens is 2. The van der Waals surface area contributed by atoms with Gasteiger partial charge in [-0.15, -0.1) is 0 Å². The normalized spacial score (nSPS) is 13.5. The van der Waals surface area contributed by atoms with E-state index in [0.29, 0.717) is 11.4 Å². The molecule has 1 atom stereocenters. The van der Waals surface area contributed by atoms with Crippen molar-refractivity contribution in [1.82, 2.24) is 30.9 Å². The van der Waals surface area contributed by atoms with Crippen LogP contribution in [0.25, 0.3) is 0 Å². The predicted molar refractivity (Wildman–Crippen MR) is 150 cm³/mol. The highest BCUT2D eigenvalue weighted by Gasteiger charge is 2.34. The summed E-state index contributed by atoms with van der Waals surface area (Å²) in [5.74, 6) is -2.88. The summed E-state index contributed by atoms with van der Waals surface area (Å²) in [6.45, 7) is 3.66. The van der Waals surface area contributed by atoms with Crippen LogP contribution in [0.4, 0.5) is 20.4 Å². The number of hydrogen-bond donors (Lipinski definition) is 5. The number of carbonyl (C=O) groups excluding carboxylic acids is 2. The molecule has 0 spiro atoms. The molecule has 1 fully saturated rings. The molecule has 0 aromatic carbocycles. The van der Waals surface area contributed by atoms with Crippen LogP contribution in [0.3, 0.4) is 0 Å². The molecule has 222 valence electrons. The summed E-state index contributed by atoms with van der Waals surface area (Å²) >= 11 is 0. The van der Waals surface area contributed by atoms with Gasteiger partial charge in [-0.25, -0.2) is 24.2 Å². The van der Waals surface area contributed by atoms with Gasteiger partial charge in [0.25, 0.3) is 11.8 Å². The quantitative estimate of drug-likeness (QED) is 0.126. The van der Waals surface area contributed by atoms with Crippen LogP contribution in [0.2, 0.25) is 0 Å². The minimum absolute atomic E-state index is 0.0391. The molecular formula is C29H28F2N8O4. The van der Waals surface area contributed by atoms with E-state index in [1.165, 1.54) is 23.9 Å². The van der Waals surface area contributed by atoms with Crippen molar-refractivity contribution >= 4 is 23.5 Å². The first kappa shape index (κ1) is 29.3. The fourth-order valence-corrected chi connectivity index (χ4v) is 4.32. The number of pyridine rings is 4. The number of amides is 2. The molecule has 12 nitrogen and oxygen atoms in total. The van der Waals surface area contributed by atoms with E-state index in [-0.39, 0.29) is 34.4 Å².